The van der Waals surface area contributed by atoms with Crippen molar-refractivity contribution in [2.75, 3.05) is 0 Å². The highest BCUT2D eigenvalue weighted by Gasteiger charge is 2.84. The normalized spacial score (nSPS) is 55.6. The predicted molar refractivity (Wildman–Crippen MR) is 142 cm³/mol. The molecule has 0 aromatic carbocycles. The number of hydrogen-bond donors (Lipinski definition) is 2. The third-order valence-corrected chi connectivity index (χ3v) is 12.8. The monoisotopic (exact) mass is 552 g/mol. The highest BCUT2D eigenvalue weighted by molar-refractivity contribution is 5.91. The Kier molecular flexibility index (Phi) is 5.08. The first-order valence-corrected chi connectivity index (χ1v) is 14.7. The van der Waals surface area contributed by atoms with Gasteiger partial charge in [0.25, 0.3) is 0 Å². The van der Waals surface area contributed by atoms with Gasteiger partial charge in [-0.25, -0.2) is 4.79 Å². The molecule has 2 heterocycles. The van der Waals surface area contributed by atoms with E-state index in [9.17, 15) is 24.6 Å². The van der Waals surface area contributed by atoms with Crippen LogP contribution in [0.1, 0.15) is 66.7 Å². The molecular formula is C32H40O8. The van der Waals surface area contributed by atoms with Gasteiger partial charge in [0.15, 0.2) is 0 Å². The molecule has 8 heteroatoms. The van der Waals surface area contributed by atoms with Crippen LogP contribution in [-0.4, -0.2) is 57.6 Å². The van der Waals surface area contributed by atoms with Gasteiger partial charge in [0, 0.05) is 53.4 Å². The molecule has 2 saturated heterocycles. The maximum Gasteiger partial charge on any atom is 0.334 e. The van der Waals surface area contributed by atoms with Crippen molar-refractivity contribution in [3.05, 3.63) is 36.0 Å². The van der Waals surface area contributed by atoms with E-state index in [1.807, 2.05) is 26.8 Å². The molecule has 3 saturated carbocycles. The predicted octanol–water partition coefficient (Wildman–Crippen LogP) is 3.41. The molecule has 216 valence electrons. The van der Waals surface area contributed by atoms with Crippen LogP contribution >= 0.6 is 0 Å². The molecule has 0 aromatic heterocycles. The lowest BCUT2D eigenvalue weighted by molar-refractivity contribution is -0.165. The average Bonchev–Trinajstić information content (AvgIpc) is 3.56. The molecule has 5 fully saturated rings. The summed E-state index contributed by atoms with van der Waals surface area (Å²) in [5, 5.41) is 24.0. The number of aliphatic hydroxyl groups is 2. The topological polar surface area (TPSA) is 119 Å². The van der Waals surface area contributed by atoms with E-state index in [0.29, 0.717) is 24.8 Å². The molecule has 40 heavy (non-hydrogen) atoms. The van der Waals surface area contributed by atoms with E-state index in [2.05, 4.69) is 18.7 Å². The number of carbonyl (C=O) groups is 3. The summed E-state index contributed by atoms with van der Waals surface area (Å²) in [4.78, 5) is 39.9. The Morgan fingerprint density at radius 2 is 1.85 bits per heavy atom. The zero-order valence-electron chi connectivity index (χ0n) is 23.9. The minimum absolute atomic E-state index is 0.180. The van der Waals surface area contributed by atoms with Gasteiger partial charge in [-0.05, 0) is 46.5 Å². The van der Waals surface area contributed by atoms with Crippen LogP contribution in [0.2, 0.25) is 0 Å². The second-order valence-electron chi connectivity index (χ2n) is 14.5. The van der Waals surface area contributed by atoms with Crippen LogP contribution in [0.4, 0.5) is 0 Å². The molecule has 5 aliphatic carbocycles. The molecule has 2 N–H and O–H groups in total. The number of rotatable bonds is 1. The molecule has 2 bridgehead atoms. The van der Waals surface area contributed by atoms with Crippen LogP contribution in [0.3, 0.4) is 0 Å². The fourth-order valence-electron chi connectivity index (χ4n) is 11.0. The maximum atomic E-state index is 14.5. The highest BCUT2D eigenvalue weighted by Crippen LogP contribution is 2.80. The van der Waals surface area contributed by atoms with E-state index >= 15 is 0 Å². The highest BCUT2D eigenvalue weighted by atomic mass is 16.6. The van der Waals surface area contributed by atoms with E-state index in [0.717, 1.165) is 5.57 Å². The van der Waals surface area contributed by atoms with E-state index in [1.54, 1.807) is 6.92 Å². The number of esters is 3. The van der Waals surface area contributed by atoms with Crippen molar-refractivity contribution >= 4 is 17.9 Å². The molecule has 7 aliphatic rings. The van der Waals surface area contributed by atoms with Gasteiger partial charge < -0.3 is 24.4 Å². The van der Waals surface area contributed by atoms with Gasteiger partial charge in [0.2, 0.25) is 0 Å². The number of hydrogen-bond acceptors (Lipinski definition) is 8. The lowest BCUT2D eigenvalue weighted by atomic mass is 9.54. The third-order valence-electron chi connectivity index (χ3n) is 12.8. The average molecular weight is 553 g/mol. The van der Waals surface area contributed by atoms with E-state index in [4.69, 9.17) is 14.2 Å². The lowest BCUT2D eigenvalue weighted by Crippen LogP contribution is -2.53. The van der Waals surface area contributed by atoms with Crippen molar-refractivity contribution in [1.29, 1.82) is 0 Å². The molecule has 8 nitrogen and oxygen atoms in total. The minimum Gasteiger partial charge on any atom is -0.462 e. The Bertz CT molecular complexity index is 1310. The molecule has 1 spiro atoms. The summed E-state index contributed by atoms with van der Waals surface area (Å²) < 4.78 is 18.5. The standard InChI is InChI=1S/C32H40O8/c1-15-7-8-19-21(15)24-22(20(38-17(3)33)13-29(19,5)36)32(27(35)40-24)14-31-12-11-28(32,4)25(31)23-18(9-10-30(31,6)37)16(2)26(34)39-23/h7,11-12,18-25,36-37H,2,8-10,13-14H2,1,3-6H3/t18?,19?,20?,21?,22?,23?,24?,25?,28-,29-,30-,31+,32+/m1/s1. The molecular weight excluding hydrogens is 512 g/mol. The van der Waals surface area contributed by atoms with Gasteiger partial charge in [0.1, 0.15) is 18.3 Å². The van der Waals surface area contributed by atoms with E-state index in [1.165, 1.54) is 6.92 Å². The van der Waals surface area contributed by atoms with Crippen molar-refractivity contribution in [2.45, 2.75) is 96.2 Å². The first-order chi connectivity index (χ1) is 18.6. The van der Waals surface area contributed by atoms with Crippen LogP contribution in [-0.2, 0) is 28.6 Å². The molecule has 0 amide bonds. The molecule has 0 aromatic rings. The summed E-state index contributed by atoms with van der Waals surface area (Å²) in [6.45, 7) is 13.1. The molecule has 2 aliphatic heterocycles. The lowest BCUT2D eigenvalue weighted by Gasteiger charge is -2.46. The van der Waals surface area contributed by atoms with Crippen molar-refractivity contribution in [3.8, 4) is 0 Å². The fraction of sp³-hybridized carbons (Fsp3) is 0.719. The Morgan fingerprint density at radius 3 is 2.55 bits per heavy atom. The summed E-state index contributed by atoms with van der Waals surface area (Å²) in [5.41, 5.74) is -3.74. The Labute approximate surface area is 234 Å². The zero-order chi connectivity index (χ0) is 28.8. The van der Waals surface area contributed by atoms with Gasteiger partial charge in [-0.2, -0.15) is 0 Å². The second-order valence-corrected chi connectivity index (χ2v) is 14.5. The Hall–Kier alpha value is -2.45. The number of carbonyl (C=O) groups excluding carboxylic acids is 3. The van der Waals surface area contributed by atoms with Crippen molar-refractivity contribution in [1.82, 2.24) is 0 Å². The summed E-state index contributed by atoms with van der Waals surface area (Å²) in [6.07, 6.45) is 6.43. The fourth-order valence-corrected chi connectivity index (χ4v) is 11.0. The molecule has 7 rings (SSSR count). The van der Waals surface area contributed by atoms with Crippen LogP contribution in [0.25, 0.3) is 0 Å². The van der Waals surface area contributed by atoms with E-state index < -0.39 is 69.5 Å². The zero-order valence-corrected chi connectivity index (χ0v) is 23.9. The minimum atomic E-state index is -1.19. The van der Waals surface area contributed by atoms with Crippen LogP contribution < -0.4 is 0 Å². The third kappa shape index (κ3) is 2.83. The van der Waals surface area contributed by atoms with Crippen LogP contribution in [0, 0.1) is 45.8 Å². The quantitative estimate of drug-likeness (QED) is 0.220. The summed E-state index contributed by atoms with van der Waals surface area (Å²) in [7, 11) is 0. The first kappa shape index (κ1) is 26.4. The molecule has 0 radical (unpaired) electrons. The molecule has 13 atom stereocenters. The maximum absolute atomic E-state index is 14.5. The van der Waals surface area contributed by atoms with Crippen molar-refractivity contribution in [2.24, 2.45) is 45.8 Å². The van der Waals surface area contributed by atoms with Crippen LogP contribution in [0.15, 0.2) is 36.0 Å². The van der Waals surface area contributed by atoms with Gasteiger partial charge >= 0.3 is 17.9 Å². The Morgan fingerprint density at radius 1 is 1.12 bits per heavy atom. The molecule has 8 unspecified atom stereocenters. The van der Waals surface area contributed by atoms with Gasteiger partial charge in [-0.1, -0.05) is 37.3 Å². The van der Waals surface area contributed by atoms with E-state index in [-0.39, 0.29) is 36.6 Å². The SMILES string of the molecule is C=C1C(=O)OC2C1CC[C@@](C)(O)[C@]13C=C[C@](C)(C21)[C@]1(C3)C(=O)OC2C3C(C)=CCC3[C@](C)(O)CC(OC(C)=O)C21. The van der Waals surface area contributed by atoms with Crippen LogP contribution in [0.5, 0.6) is 0 Å². The smallest absolute Gasteiger partial charge is 0.334 e. The summed E-state index contributed by atoms with van der Waals surface area (Å²) in [6, 6.07) is 0. The van der Waals surface area contributed by atoms with Gasteiger partial charge in [-0.15, -0.1) is 0 Å². The summed E-state index contributed by atoms with van der Waals surface area (Å²) in [5.74, 6) is -2.84. The number of ether oxygens (including phenoxy) is 3. The Balaban J connectivity index is 1.45. The number of fused-ring (bicyclic) bond motifs is 6. The second kappa shape index (κ2) is 7.68. The van der Waals surface area contributed by atoms with Crippen molar-refractivity contribution < 1.29 is 38.8 Å². The first-order valence-electron chi connectivity index (χ1n) is 14.7. The van der Waals surface area contributed by atoms with Crippen molar-refractivity contribution in [3.63, 3.8) is 0 Å². The summed E-state index contributed by atoms with van der Waals surface area (Å²) >= 11 is 0. The number of allylic oxidation sites excluding steroid dienone is 2. The van der Waals surface area contributed by atoms with Gasteiger partial charge in [0.05, 0.1) is 22.5 Å². The van der Waals surface area contributed by atoms with Gasteiger partial charge in [-0.3, -0.25) is 9.59 Å². The largest absolute Gasteiger partial charge is 0.462 e.